The molecule has 17 heavy (non-hydrogen) atoms. The molecular weight excluding hydrogens is 282 g/mol. The van der Waals surface area contributed by atoms with Gasteiger partial charge in [0.2, 0.25) is 0 Å². The second-order valence-electron chi connectivity index (χ2n) is 3.82. The monoisotopic (exact) mass is 297 g/mol. The molecular formula is C13H16BrNO2. The standard InChI is InChI=1S/C13H16BrNO2/c1-10(16)12-9-11(14)5-6-13(12)17-8-4-2-3-7-15/h5-6,9-10,16H,2-4,8H2,1H3. The summed E-state index contributed by atoms with van der Waals surface area (Å²) < 4.78 is 6.53. The highest BCUT2D eigenvalue weighted by molar-refractivity contribution is 9.10. The number of aliphatic hydroxyl groups excluding tert-OH is 1. The maximum atomic E-state index is 9.63. The van der Waals surface area contributed by atoms with Gasteiger partial charge in [0.15, 0.2) is 0 Å². The van der Waals surface area contributed by atoms with Gasteiger partial charge in [-0.1, -0.05) is 15.9 Å². The van der Waals surface area contributed by atoms with E-state index in [1.54, 1.807) is 6.92 Å². The van der Waals surface area contributed by atoms with Crippen molar-refractivity contribution in [1.29, 1.82) is 5.26 Å². The van der Waals surface area contributed by atoms with E-state index < -0.39 is 6.10 Å². The second-order valence-corrected chi connectivity index (χ2v) is 4.74. The summed E-state index contributed by atoms with van der Waals surface area (Å²) >= 11 is 3.36. The molecule has 0 aliphatic carbocycles. The topological polar surface area (TPSA) is 53.2 Å². The first-order valence-electron chi connectivity index (χ1n) is 5.62. The van der Waals surface area contributed by atoms with Crippen molar-refractivity contribution in [1.82, 2.24) is 0 Å². The molecule has 0 saturated carbocycles. The molecule has 0 aliphatic rings. The first kappa shape index (κ1) is 14.0. The van der Waals surface area contributed by atoms with Gasteiger partial charge in [-0.2, -0.15) is 5.26 Å². The third-order valence-corrected chi connectivity index (χ3v) is 2.86. The molecule has 1 N–H and O–H groups in total. The van der Waals surface area contributed by atoms with E-state index >= 15 is 0 Å². The number of hydrogen-bond donors (Lipinski definition) is 1. The maximum absolute atomic E-state index is 9.63. The zero-order chi connectivity index (χ0) is 12.7. The normalized spacial score (nSPS) is 11.9. The largest absolute Gasteiger partial charge is 0.493 e. The minimum atomic E-state index is -0.554. The molecule has 92 valence electrons. The van der Waals surface area contributed by atoms with Crippen molar-refractivity contribution in [3.8, 4) is 11.8 Å². The molecule has 1 rings (SSSR count). The van der Waals surface area contributed by atoms with Gasteiger partial charge in [-0.15, -0.1) is 0 Å². The van der Waals surface area contributed by atoms with Crippen LogP contribution < -0.4 is 4.74 Å². The zero-order valence-corrected chi connectivity index (χ0v) is 11.4. The molecule has 0 amide bonds. The highest BCUT2D eigenvalue weighted by Crippen LogP contribution is 2.28. The summed E-state index contributed by atoms with van der Waals surface area (Å²) in [6.07, 6.45) is 1.70. The summed E-state index contributed by atoms with van der Waals surface area (Å²) in [6, 6.07) is 7.69. The molecule has 0 bridgehead atoms. The van der Waals surface area contributed by atoms with E-state index in [0.717, 1.165) is 22.9 Å². The van der Waals surface area contributed by atoms with Crippen LogP contribution in [0.4, 0.5) is 0 Å². The van der Waals surface area contributed by atoms with Gasteiger partial charge in [-0.25, -0.2) is 0 Å². The van der Waals surface area contributed by atoms with Gasteiger partial charge < -0.3 is 9.84 Å². The third kappa shape index (κ3) is 4.76. The van der Waals surface area contributed by atoms with Crippen LogP contribution in [0, 0.1) is 11.3 Å². The Kier molecular flexibility index (Phi) is 6.03. The molecule has 0 radical (unpaired) electrons. The van der Waals surface area contributed by atoms with Crippen molar-refractivity contribution in [2.75, 3.05) is 6.61 Å². The van der Waals surface area contributed by atoms with E-state index in [1.165, 1.54) is 0 Å². The van der Waals surface area contributed by atoms with Gasteiger partial charge in [0.1, 0.15) is 5.75 Å². The summed E-state index contributed by atoms with van der Waals surface area (Å²) in [7, 11) is 0. The smallest absolute Gasteiger partial charge is 0.125 e. The van der Waals surface area contributed by atoms with Crippen molar-refractivity contribution < 1.29 is 9.84 Å². The fraction of sp³-hybridized carbons (Fsp3) is 0.462. The maximum Gasteiger partial charge on any atom is 0.125 e. The molecule has 1 unspecified atom stereocenters. The SMILES string of the molecule is CC(O)c1cc(Br)ccc1OCCCCC#N. The summed E-state index contributed by atoms with van der Waals surface area (Å²) in [5.74, 6) is 0.708. The Morgan fingerprint density at radius 3 is 2.88 bits per heavy atom. The molecule has 0 heterocycles. The minimum absolute atomic E-state index is 0.554. The minimum Gasteiger partial charge on any atom is -0.493 e. The lowest BCUT2D eigenvalue weighted by Gasteiger charge is -2.13. The van der Waals surface area contributed by atoms with Gasteiger partial charge in [0.25, 0.3) is 0 Å². The molecule has 1 aromatic rings. The van der Waals surface area contributed by atoms with E-state index in [1.807, 2.05) is 18.2 Å². The second kappa shape index (κ2) is 7.31. The van der Waals surface area contributed by atoms with Crippen molar-refractivity contribution in [3.63, 3.8) is 0 Å². The number of rotatable bonds is 6. The average Bonchev–Trinajstić information content (AvgIpc) is 2.30. The van der Waals surface area contributed by atoms with E-state index in [2.05, 4.69) is 22.0 Å². The third-order valence-electron chi connectivity index (χ3n) is 2.36. The molecule has 0 aliphatic heterocycles. The Balaban J connectivity index is 2.55. The van der Waals surface area contributed by atoms with Crippen molar-refractivity contribution in [2.45, 2.75) is 32.3 Å². The summed E-state index contributed by atoms with van der Waals surface area (Å²) in [4.78, 5) is 0. The first-order chi connectivity index (χ1) is 8.15. The Morgan fingerprint density at radius 2 is 2.24 bits per heavy atom. The number of nitrogens with zero attached hydrogens (tertiary/aromatic N) is 1. The summed E-state index contributed by atoms with van der Waals surface area (Å²) in [6.45, 7) is 2.29. The Hall–Kier alpha value is -1.05. The molecule has 4 heteroatoms. The van der Waals surface area contributed by atoms with Crippen LogP contribution in [0.1, 0.15) is 37.9 Å². The Bertz CT molecular complexity index is 399. The van der Waals surface area contributed by atoms with Gasteiger partial charge in [-0.3, -0.25) is 0 Å². The number of aliphatic hydroxyl groups is 1. The fourth-order valence-corrected chi connectivity index (χ4v) is 1.84. The van der Waals surface area contributed by atoms with Crippen molar-refractivity contribution in [2.24, 2.45) is 0 Å². The number of nitriles is 1. The van der Waals surface area contributed by atoms with Crippen LogP contribution in [0.2, 0.25) is 0 Å². The number of benzene rings is 1. The van der Waals surface area contributed by atoms with Crippen LogP contribution >= 0.6 is 15.9 Å². The van der Waals surface area contributed by atoms with Gasteiger partial charge in [0.05, 0.1) is 18.8 Å². The molecule has 1 aromatic carbocycles. The van der Waals surface area contributed by atoms with Crippen LogP contribution in [0.25, 0.3) is 0 Å². The summed E-state index contributed by atoms with van der Waals surface area (Å²) in [5, 5.41) is 18.0. The highest BCUT2D eigenvalue weighted by Gasteiger charge is 2.09. The van der Waals surface area contributed by atoms with Gasteiger partial charge in [-0.05, 0) is 38.0 Å². The highest BCUT2D eigenvalue weighted by atomic mass is 79.9. The lowest BCUT2D eigenvalue weighted by molar-refractivity contribution is 0.190. The molecule has 0 spiro atoms. The van der Waals surface area contributed by atoms with Crippen LogP contribution in [0.3, 0.4) is 0 Å². The Morgan fingerprint density at radius 1 is 1.47 bits per heavy atom. The van der Waals surface area contributed by atoms with E-state index in [9.17, 15) is 5.11 Å². The Labute approximate surface area is 110 Å². The molecule has 3 nitrogen and oxygen atoms in total. The van der Waals surface area contributed by atoms with E-state index in [4.69, 9.17) is 10.00 Å². The zero-order valence-electron chi connectivity index (χ0n) is 9.82. The quantitative estimate of drug-likeness (QED) is 0.817. The number of halogens is 1. The van der Waals surface area contributed by atoms with Crippen LogP contribution in [0.15, 0.2) is 22.7 Å². The number of ether oxygens (including phenoxy) is 1. The molecule has 0 aromatic heterocycles. The fourth-order valence-electron chi connectivity index (χ4n) is 1.47. The van der Waals surface area contributed by atoms with Gasteiger partial charge in [0, 0.05) is 16.5 Å². The van der Waals surface area contributed by atoms with Gasteiger partial charge >= 0.3 is 0 Å². The predicted octanol–water partition coefficient (Wildman–Crippen LogP) is 3.58. The van der Waals surface area contributed by atoms with E-state index in [0.29, 0.717) is 18.8 Å². The van der Waals surface area contributed by atoms with Crippen LogP contribution in [-0.2, 0) is 0 Å². The van der Waals surface area contributed by atoms with Crippen molar-refractivity contribution >= 4 is 15.9 Å². The van der Waals surface area contributed by atoms with Crippen molar-refractivity contribution in [3.05, 3.63) is 28.2 Å². The van der Waals surface area contributed by atoms with E-state index in [-0.39, 0.29) is 0 Å². The first-order valence-corrected chi connectivity index (χ1v) is 6.41. The molecule has 1 atom stereocenters. The lowest BCUT2D eigenvalue weighted by Crippen LogP contribution is -2.02. The number of unbranched alkanes of at least 4 members (excludes halogenated alkanes) is 2. The average molecular weight is 298 g/mol. The lowest BCUT2D eigenvalue weighted by atomic mass is 10.1. The number of hydrogen-bond acceptors (Lipinski definition) is 3. The summed E-state index contributed by atoms with van der Waals surface area (Å²) in [5.41, 5.74) is 0.777. The molecule has 0 fully saturated rings. The van der Waals surface area contributed by atoms with Crippen LogP contribution in [0.5, 0.6) is 5.75 Å². The van der Waals surface area contributed by atoms with Crippen LogP contribution in [-0.4, -0.2) is 11.7 Å². The molecule has 0 saturated heterocycles. The predicted molar refractivity (Wildman–Crippen MR) is 69.7 cm³/mol.